The fraction of sp³-hybridized carbons (Fsp3) is 0.627. The topological polar surface area (TPSA) is 233 Å². The molecule has 0 saturated carbocycles. The number of amides is 4. The molecule has 4 heterocycles. The minimum atomic E-state index is -2.04. The number of aliphatic hydroxyl groups is 1. The molecular weight excluding hydrogens is 874 g/mol. The van der Waals surface area contributed by atoms with Gasteiger partial charge in [-0.1, -0.05) is 55.4 Å². The van der Waals surface area contributed by atoms with Crippen LogP contribution in [0, 0.1) is 30.0 Å². The van der Waals surface area contributed by atoms with Crippen LogP contribution in [0.25, 0.3) is 22.3 Å². The van der Waals surface area contributed by atoms with Crippen LogP contribution in [0.5, 0.6) is 0 Å². The maximum atomic E-state index is 15.5. The molecule has 68 heavy (non-hydrogen) atoms. The summed E-state index contributed by atoms with van der Waals surface area (Å²) in [7, 11) is 0. The van der Waals surface area contributed by atoms with Crippen molar-refractivity contribution in [3.8, 4) is 11.4 Å². The van der Waals surface area contributed by atoms with Crippen molar-refractivity contribution in [1.82, 2.24) is 30.8 Å². The van der Waals surface area contributed by atoms with Crippen molar-refractivity contribution in [2.75, 3.05) is 19.7 Å². The van der Waals surface area contributed by atoms with Crippen molar-refractivity contribution in [2.24, 2.45) is 23.0 Å². The summed E-state index contributed by atoms with van der Waals surface area (Å²) in [5.74, 6) is -3.12. The zero-order chi connectivity index (χ0) is 50.0. The lowest BCUT2D eigenvalue weighted by Crippen LogP contribution is -2.57. The molecule has 6 rings (SSSR count). The summed E-state index contributed by atoms with van der Waals surface area (Å²) in [6.45, 7) is 19.1. The predicted octanol–water partition coefficient (Wildman–Crippen LogP) is 5.15. The first-order valence-corrected chi connectivity index (χ1v) is 24.3. The highest BCUT2D eigenvalue weighted by atomic mass is 19.1. The van der Waals surface area contributed by atoms with Gasteiger partial charge in [-0.2, -0.15) is 0 Å². The molecule has 372 valence electrons. The number of nitrogens with zero attached hydrogens (tertiary/aromatic N) is 2. The van der Waals surface area contributed by atoms with E-state index >= 15 is 4.39 Å². The van der Waals surface area contributed by atoms with Crippen LogP contribution in [0.3, 0.4) is 0 Å². The number of carbonyl (C=O) groups is 5. The average Bonchev–Trinajstić information content (AvgIpc) is 3.65. The standard InChI is InChI=1S/C51H72FN7O9/c1-11-50(10,23-27(3)4)68-20-18-49(8,9)47(64)58-42(28(5)6)45(62)57-36(15-13-14-19-53)44(61)54-24-39(60)55-35-17-16-30-29(7)34(52)22-37-40(30)41(35)31-25-59-38(43(31)56-37)21-33-32(46(59)63)26-67-48(65)51(33,66)12-2/h21-22,27-28,35-36,42,66H,11-20,23-26,53H2,1-10H3,(H,54,61)(H,55,60)(H,57,62)(H,58,64)/t35-,36-,42-,50?,51-/m0/s1. The molecule has 4 amide bonds. The highest BCUT2D eigenvalue weighted by Gasteiger charge is 2.46. The second kappa shape index (κ2) is 20.8. The number of cyclic esters (lactones) is 1. The molecule has 0 radical (unpaired) electrons. The maximum absolute atomic E-state index is 15.5. The Balaban J connectivity index is 1.18. The van der Waals surface area contributed by atoms with Gasteiger partial charge in [0.2, 0.25) is 23.6 Å². The first-order valence-electron chi connectivity index (χ1n) is 24.3. The van der Waals surface area contributed by atoms with E-state index < -0.39 is 70.8 Å². The van der Waals surface area contributed by atoms with Crippen LogP contribution in [0.1, 0.15) is 153 Å². The predicted molar refractivity (Wildman–Crippen MR) is 256 cm³/mol. The molecule has 5 atom stereocenters. The molecule has 1 aliphatic carbocycles. The van der Waals surface area contributed by atoms with Crippen molar-refractivity contribution < 1.29 is 42.9 Å². The lowest BCUT2D eigenvalue weighted by Gasteiger charge is -2.33. The highest BCUT2D eigenvalue weighted by molar-refractivity contribution is 5.96. The van der Waals surface area contributed by atoms with E-state index in [1.165, 1.54) is 10.6 Å². The SMILES string of the molecule is CCC(C)(CC(C)C)OCCC(C)(C)C(=O)N[C@H](C(=O)N[C@@H](CCCCN)C(=O)NCC(=O)N[C@H]1CCc2c(C)c(F)cc3nc4c(c1c23)Cn1c-4cc2c(c1=O)COC(=O)[C@]2(O)CC)C(C)C. The molecule has 2 aliphatic heterocycles. The molecule has 16 nitrogen and oxygen atoms in total. The van der Waals surface area contributed by atoms with Crippen LogP contribution in [0.2, 0.25) is 0 Å². The van der Waals surface area contributed by atoms with E-state index in [0.717, 1.165) is 18.4 Å². The van der Waals surface area contributed by atoms with E-state index in [1.54, 1.807) is 19.9 Å². The summed E-state index contributed by atoms with van der Waals surface area (Å²) in [5.41, 5.74) is 5.97. The van der Waals surface area contributed by atoms with E-state index in [-0.39, 0.29) is 54.5 Å². The Hall–Kier alpha value is -5.26. The van der Waals surface area contributed by atoms with E-state index in [2.05, 4.69) is 49.0 Å². The largest absolute Gasteiger partial charge is 0.458 e. The molecule has 3 aliphatic rings. The van der Waals surface area contributed by atoms with Crippen LogP contribution in [-0.4, -0.2) is 81.6 Å². The van der Waals surface area contributed by atoms with Crippen molar-refractivity contribution in [1.29, 1.82) is 0 Å². The van der Waals surface area contributed by atoms with Gasteiger partial charge in [0.15, 0.2) is 5.60 Å². The van der Waals surface area contributed by atoms with Crippen molar-refractivity contribution in [3.05, 3.63) is 61.7 Å². The minimum Gasteiger partial charge on any atom is -0.458 e. The van der Waals surface area contributed by atoms with Gasteiger partial charge in [-0.3, -0.25) is 24.0 Å². The van der Waals surface area contributed by atoms with Gasteiger partial charge < -0.3 is 46.1 Å². The van der Waals surface area contributed by atoms with E-state index in [0.29, 0.717) is 90.2 Å². The summed E-state index contributed by atoms with van der Waals surface area (Å²) in [6.07, 6.45) is 4.27. The van der Waals surface area contributed by atoms with Crippen LogP contribution >= 0.6 is 0 Å². The molecular formula is C51H72FN7O9. The number of aromatic nitrogens is 2. The van der Waals surface area contributed by atoms with Crippen LogP contribution in [0.4, 0.5) is 4.39 Å². The number of carbonyl (C=O) groups excluding carboxylic acids is 5. The quantitative estimate of drug-likeness (QED) is 0.0473. The lowest BCUT2D eigenvalue weighted by atomic mass is 9.81. The van der Waals surface area contributed by atoms with Gasteiger partial charge in [0.05, 0.1) is 47.2 Å². The summed E-state index contributed by atoms with van der Waals surface area (Å²) >= 11 is 0. The number of hydrogen-bond donors (Lipinski definition) is 6. The molecule has 3 aromatic rings. The summed E-state index contributed by atoms with van der Waals surface area (Å²) in [6, 6.07) is 0.303. The second-order valence-electron chi connectivity index (χ2n) is 20.6. The minimum absolute atomic E-state index is 0.0339. The Morgan fingerprint density at radius 1 is 1.04 bits per heavy atom. The summed E-state index contributed by atoms with van der Waals surface area (Å²) in [5, 5.41) is 23.6. The van der Waals surface area contributed by atoms with Gasteiger partial charge >= 0.3 is 5.97 Å². The molecule has 0 bridgehead atoms. The smallest absolute Gasteiger partial charge is 0.343 e. The fourth-order valence-electron chi connectivity index (χ4n) is 9.96. The van der Waals surface area contributed by atoms with Gasteiger partial charge in [0.25, 0.3) is 5.56 Å². The Morgan fingerprint density at radius 2 is 1.76 bits per heavy atom. The molecule has 2 aromatic heterocycles. The number of halogens is 1. The molecule has 1 unspecified atom stereocenters. The lowest BCUT2D eigenvalue weighted by molar-refractivity contribution is -0.172. The third-order valence-corrected chi connectivity index (χ3v) is 14.3. The van der Waals surface area contributed by atoms with E-state index in [1.807, 2.05) is 27.7 Å². The Bertz CT molecular complexity index is 2520. The zero-order valence-electron chi connectivity index (χ0n) is 41.5. The first-order chi connectivity index (χ1) is 32.0. The number of nitrogens with two attached hydrogens (primary N) is 1. The van der Waals surface area contributed by atoms with Crippen molar-refractivity contribution in [3.63, 3.8) is 0 Å². The first kappa shape index (κ1) is 52.1. The summed E-state index contributed by atoms with van der Waals surface area (Å²) in [4.78, 5) is 87.1. The number of fused-ring (bicyclic) bond motifs is 5. The number of benzene rings is 1. The van der Waals surface area contributed by atoms with Gasteiger partial charge in [-0.05, 0) is 113 Å². The molecule has 0 spiro atoms. The number of hydrogen-bond acceptors (Lipinski definition) is 11. The normalized spacial score (nSPS) is 19.1. The van der Waals surface area contributed by atoms with Gasteiger partial charge in [-0.25, -0.2) is 14.2 Å². The van der Waals surface area contributed by atoms with Crippen molar-refractivity contribution in [2.45, 2.75) is 170 Å². The Labute approximate surface area is 398 Å². The molecule has 0 fully saturated rings. The monoisotopic (exact) mass is 946 g/mol. The average molecular weight is 946 g/mol. The van der Waals surface area contributed by atoms with Gasteiger partial charge in [-0.15, -0.1) is 0 Å². The number of ether oxygens (including phenoxy) is 2. The zero-order valence-corrected chi connectivity index (χ0v) is 41.5. The fourth-order valence-corrected chi connectivity index (χ4v) is 9.96. The number of rotatable bonds is 21. The highest BCUT2D eigenvalue weighted by Crippen LogP contribution is 2.46. The number of unbranched alkanes of at least 4 members (excludes halogenated alkanes) is 1. The maximum Gasteiger partial charge on any atom is 0.343 e. The van der Waals surface area contributed by atoms with Crippen LogP contribution in [0.15, 0.2) is 16.9 Å². The number of esters is 1. The van der Waals surface area contributed by atoms with Crippen LogP contribution < -0.4 is 32.6 Å². The van der Waals surface area contributed by atoms with E-state index in [9.17, 15) is 33.9 Å². The second-order valence-corrected chi connectivity index (χ2v) is 20.6. The third-order valence-electron chi connectivity index (χ3n) is 14.3. The van der Waals surface area contributed by atoms with Gasteiger partial charge in [0.1, 0.15) is 24.5 Å². The molecule has 1 aromatic carbocycles. The van der Waals surface area contributed by atoms with E-state index in [4.69, 9.17) is 20.2 Å². The Kier molecular flexibility index (Phi) is 15.9. The summed E-state index contributed by atoms with van der Waals surface area (Å²) < 4.78 is 28.5. The molecule has 0 saturated heterocycles. The van der Waals surface area contributed by atoms with Crippen molar-refractivity contribution >= 4 is 40.5 Å². The third kappa shape index (κ3) is 10.5. The number of nitrogens with one attached hydrogen (secondary N) is 4. The Morgan fingerprint density at radius 3 is 2.41 bits per heavy atom. The number of pyridine rings is 2. The van der Waals surface area contributed by atoms with Gasteiger partial charge in [0, 0.05) is 34.6 Å². The number of aryl methyl sites for hydroxylation is 1. The van der Waals surface area contributed by atoms with Crippen LogP contribution in [-0.2, 0) is 58.6 Å². The molecule has 7 N–H and O–H groups in total. The molecule has 17 heteroatoms.